The summed E-state index contributed by atoms with van der Waals surface area (Å²) in [4.78, 5) is 11.3. The lowest BCUT2D eigenvalue weighted by Gasteiger charge is -2.27. The van der Waals surface area contributed by atoms with Gasteiger partial charge in [0.2, 0.25) is 0 Å². The number of piperidine rings is 1. The van der Waals surface area contributed by atoms with Crippen molar-refractivity contribution >= 4 is 17.5 Å². The number of ether oxygens (including phenoxy) is 2. The van der Waals surface area contributed by atoms with E-state index in [1.807, 2.05) is 30.5 Å². The second-order valence-electron chi connectivity index (χ2n) is 6.46. The number of methoxy groups -OCH3 is 2. The molecule has 144 valence electrons. The number of benzene rings is 1. The maximum atomic E-state index is 6.07. The van der Waals surface area contributed by atoms with E-state index in [4.69, 9.17) is 15.2 Å². The third kappa shape index (κ3) is 5.03. The molecule has 0 radical (unpaired) electrons. The fraction of sp³-hybridized carbons (Fsp3) is 0.400. The van der Waals surface area contributed by atoms with E-state index in [1.54, 1.807) is 14.2 Å². The highest BCUT2D eigenvalue weighted by atomic mass is 16.5. The van der Waals surface area contributed by atoms with Crippen LogP contribution < -0.4 is 25.4 Å². The molecule has 0 amide bonds. The molecule has 3 rings (SSSR count). The van der Waals surface area contributed by atoms with E-state index in [-0.39, 0.29) is 0 Å². The smallest absolute Gasteiger partial charge is 0.193 e. The monoisotopic (exact) mass is 369 g/mol. The van der Waals surface area contributed by atoms with Gasteiger partial charge >= 0.3 is 0 Å². The summed E-state index contributed by atoms with van der Waals surface area (Å²) in [7, 11) is 3.23. The normalized spacial score (nSPS) is 14.7. The largest absolute Gasteiger partial charge is 0.497 e. The van der Waals surface area contributed by atoms with E-state index in [0.29, 0.717) is 29.7 Å². The number of rotatable bonds is 6. The first-order chi connectivity index (χ1) is 13.2. The first-order valence-corrected chi connectivity index (χ1v) is 9.18. The van der Waals surface area contributed by atoms with Gasteiger partial charge in [0.15, 0.2) is 5.96 Å². The number of nitrogens with one attached hydrogen (secondary N) is 1. The summed E-state index contributed by atoms with van der Waals surface area (Å²) < 4.78 is 10.6. The van der Waals surface area contributed by atoms with Crippen molar-refractivity contribution in [3.05, 3.63) is 42.1 Å². The van der Waals surface area contributed by atoms with Crippen LogP contribution in [-0.2, 0) is 6.54 Å². The van der Waals surface area contributed by atoms with Crippen LogP contribution in [0.4, 0.5) is 11.5 Å². The Hall–Kier alpha value is -2.96. The minimum absolute atomic E-state index is 0.317. The number of nitrogens with two attached hydrogens (primary N) is 1. The summed E-state index contributed by atoms with van der Waals surface area (Å²) >= 11 is 0. The van der Waals surface area contributed by atoms with Crippen molar-refractivity contribution in [2.75, 3.05) is 37.5 Å². The van der Waals surface area contributed by atoms with Crippen molar-refractivity contribution in [3.8, 4) is 11.5 Å². The Morgan fingerprint density at radius 1 is 1.15 bits per heavy atom. The number of pyridine rings is 1. The van der Waals surface area contributed by atoms with E-state index in [1.165, 1.54) is 19.3 Å². The molecule has 0 spiro atoms. The zero-order chi connectivity index (χ0) is 19.1. The lowest BCUT2D eigenvalue weighted by Crippen LogP contribution is -2.30. The molecular weight excluding hydrogens is 342 g/mol. The third-order valence-electron chi connectivity index (χ3n) is 4.59. The average Bonchev–Trinajstić information content (AvgIpc) is 2.73. The van der Waals surface area contributed by atoms with Crippen molar-refractivity contribution < 1.29 is 9.47 Å². The summed E-state index contributed by atoms with van der Waals surface area (Å²) in [5.41, 5.74) is 7.85. The summed E-state index contributed by atoms with van der Waals surface area (Å²) in [6.07, 6.45) is 5.59. The lowest BCUT2D eigenvalue weighted by atomic mass is 10.1. The molecule has 0 atom stereocenters. The minimum Gasteiger partial charge on any atom is -0.497 e. The molecule has 0 unspecified atom stereocenters. The Bertz CT molecular complexity index is 788. The highest BCUT2D eigenvalue weighted by Crippen LogP contribution is 2.28. The number of hydrogen-bond donors (Lipinski definition) is 2. The SMILES string of the molecule is COc1ccc(OC)c(NC(N)=NCc2ccnc(N3CCCCC3)c2)c1. The lowest BCUT2D eigenvalue weighted by molar-refractivity contribution is 0.405. The van der Waals surface area contributed by atoms with Gasteiger partial charge in [-0.1, -0.05) is 0 Å². The van der Waals surface area contributed by atoms with Crippen LogP contribution >= 0.6 is 0 Å². The Balaban J connectivity index is 1.67. The molecular formula is C20H27N5O2. The summed E-state index contributed by atoms with van der Waals surface area (Å²) in [5, 5.41) is 3.08. The molecule has 7 nitrogen and oxygen atoms in total. The van der Waals surface area contributed by atoms with Gasteiger partial charge in [-0.15, -0.1) is 0 Å². The van der Waals surface area contributed by atoms with Gasteiger partial charge in [-0.3, -0.25) is 0 Å². The van der Waals surface area contributed by atoms with Crippen LogP contribution in [0.5, 0.6) is 11.5 Å². The second kappa shape index (κ2) is 9.12. The van der Waals surface area contributed by atoms with Crippen molar-refractivity contribution in [3.63, 3.8) is 0 Å². The molecule has 1 aliphatic rings. The zero-order valence-corrected chi connectivity index (χ0v) is 15.9. The predicted molar refractivity (Wildman–Crippen MR) is 109 cm³/mol. The fourth-order valence-electron chi connectivity index (χ4n) is 3.12. The minimum atomic E-state index is 0.317. The van der Waals surface area contributed by atoms with Crippen LogP contribution in [0, 0.1) is 0 Å². The Morgan fingerprint density at radius 2 is 1.96 bits per heavy atom. The number of hydrogen-bond acceptors (Lipinski definition) is 5. The first-order valence-electron chi connectivity index (χ1n) is 9.18. The van der Waals surface area contributed by atoms with Crippen LogP contribution in [0.15, 0.2) is 41.5 Å². The van der Waals surface area contributed by atoms with Crippen LogP contribution in [-0.4, -0.2) is 38.3 Å². The molecule has 7 heteroatoms. The number of anilines is 2. The quantitative estimate of drug-likeness (QED) is 0.601. The van der Waals surface area contributed by atoms with Gasteiger partial charge in [-0.05, 0) is 49.1 Å². The maximum Gasteiger partial charge on any atom is 0.193 e. The van der Waals surface area contributed by atoms with Crippen molar-refractivity contribution in [2.45, 2.75) is 25.8 Å². The Labute approximate surface area is 160 Å². The molecule has 0 aliphatic carbocycles. The van der Waals surface area contributed by atoms with Crippen molar-refractivity contribution in [2.24, 2.45) is 10.7 Å². The highest BCUT2D eigenvalue weighted by molar-refractivity contribution is 5.94. The van der Waals surface area contributed by atoms with Gasteiger partial charge in [-0.2, -0.15) is 0 Å². The van der Waals surface area contributed by atoms with E-state index < -0.39 is 0 Å². The fourth-order valence-corrected chi connectivity index (χ4v) is 3.12. The molecule has 0 saturated carbocycles. The summed E-state index contributed by atoms with van der Waals surface area (Å²) in [6.45, 7) is 2.62. The molecule has 1 aliphatic heterocycles. The molecule has 1 saturated heterocycles. The van der Waals surface area contributed by atoms with E-state index in [0.717, 1.165) is 24.5 Å². The molecule has 1 fully saturated rings. The summed E-state index contributed by atoms with van der Waals surface area (Å²) in [5.74, 6) is 2.72. The van der Waals surface area contributed by atoms with E-state index in [9.17, 15) is 0 Å². The number of aromatic nitrogens is 1. The van der Waals surface area contributed by atoms with Gasteiger partial charge in [-0.25, -0.2) is 9.98 Å². The standard InChI is InChI=1S/C20H27N5O2/c1-26-16-6-7-18(27-2)17(13-16)24-20(21)23-14-15-8-9-22-19(12-15)25-10-4-3-5-11-25/h6-9,12-13H,3-5,10-11,14H2,1-2H3,(H3,21,23,24). The molecule has 3 N–H and O–H groups in total. The number of nitrogens with zero attached hydrogens (tertiary/aromatic N) is 3. The average molecular weight is 369 g/mol. The molecule has 1 aromatic heterocycles. The van der Waals surface area contributed by atoms with Crippen molar-refractivity contribution in [1.29, 1.82) is 0 Å². The second-order valence-corrected chi connectivity index (χ2v) is 6.46. The van der Waals surface area contributed by atoms with Crippen LogP contribution in [0.3, 0.4) is 0 Å². The van der Waals surface area contributed by atoms with Crippen LogP contribution in [0.2, 0.25) is 0 Å². The van der Waals surface area contributed by atoms with Crippen LogP contribution in [0.25, 0.3) is 0 Å². The van der Waals surface area contributed by atoms with Gasteiger partial charge in [0.05, 0.1) is 26.5 Å². The number of aliphatic imine (C=N–C) groups is 1. The van der Waals surface area contributed by atoms with Gasteiger partial charge in [0.1, 0.15) is 17.3 Å². The Kier molecular flexibility index (Phi) is 6.35. The summed E-state index contributed by atoms with van der Waals surface area (Å²) in [6, 6.07) is 9.53. The van der Waals surface area contributed by atoms with E-state index >= 15 is 0 Å². The van der Waals surface area contributed by atoms with Crippen LogP contribution in [0.1, 0.15) is 24.8 Å². The third-order valence-corrected chi connectivity index (χ3v) is 4.59. The molecule has 2 heterocycles. The molecule has 27 heavy (non-hydrogen) atoms. The Morgan fingerprint density at radius 3 is 2.70 bits per heavy atom. The first kappa shape index (κ1) is 18.8. The van der Waals surface area contributed by atoms with E-state index in [2.05, 4.69) is 26.3 Å². The molecule has 1 aromatic carbocycles. The van der Waals surface area contributed by atoms with Gasteiger partial charge in [0.25, 0.3) is 0 Å². The van der Waals surface area contributed by atoms with Crippen molar-refractivity contribution in [1.82, 2.24) is 4.98 Å². The highest BCUT2D eigenvalue weighted by Gasteiger charge is 2.12. The van der Waals surface area contributed by atoms with Gasteiger partial charge < -0.3 is 25.4 Å². The maximum absolute atomic E-state index is 6.07. The zero-order valence-electron chi connectivity index (χ0n) is 15.9. The molecule has 0 bridgehead atoms. The topological polar surface area (TPSA) is 85.0 Å². The molecule has 2 aromatic rings. The number of guanidine groups is 1. The van der Waals surface area contributed by atoms with Gasteiger partial charge in [0, 0.05) is 25.4 Å². The predicted octanol–water partition coefficient (Wildman–Crippen LogP) is 3.02.